The lowest BCUT2D eigenvalue weighted by molar-refractivity contribution is -0.115. The Morgan fingerprint density at radius 1 is 1.39 bits per heavy atom. The van der Waals surface area contributed by atoms with Gasteiger partial charge >= 0.3 is 0 Å². The Balaban J connectivity index is 2.38. The lowest BCUT2D eigenvalue weighted by atomic mass is 10.3. The van der Waals surface area contributed by atoms with Crippen molar-refractivity contribution in [3.05, 3.63) is 24.3 Å². The highest BCUT2D eigenvalue weighted by atomic mass is 16.5. The van der Waals surface area contributed by atoms with E-state index in [0.29, 0.717) is 18.0 Å². The number of amides is 1. The number of carbonyl (C=O) groups is 1. The minimum atomic E-state index is -0.0749. The number of nitriles is 1. The van der Waals surface area contributed by atoms with Gasteiger partial charge in [-0.25, -0.2) is 0 Å². The molecule has 5 nitrogen and oxygen atoms in total. The van der Waals surface area contributed by atoms with E-state index in [4.69, 9.17) is 10.00 Å². The number of hydrogen-bond acceptors (Lipinski definition) is 4. The van der Waals surface area contributed by atoms with E-state index in [0.717, 1.165) is 13.0 Å². The van der Waals surface area contributed by atoms with Crippen molar-refractivity contribution >= 4 is 11.6 Å². The van der Waals surface area contributed by atoms with E-state index in [1.54, 1.807) is 24.3 Å². The minimum Gasteiger partial charge on any atom is -0.479 e. The molecule has 1 aromatic rings. The van der Waals surface area contributed by atoms with Gasteiger partial charge in [0.05, 0.1) is 6.54 Å². The van der Waals surface area contributed by atoms with Crippen LogP contribution in [-0.4, -0.2) is 25.6 Å². The summed E-state index contributed by atoms with van der Waals surface area (Å²) in [4.78, 5) is 11.5. The molecule has 0 saturated heterocycles. The van der Waals surface area contributed by atoms with Crippen molar-refractivity contribution in [2.24, 2.45) is 0 Å². The molecule has 0 aliphatic heterocycles. The van der Waals surface area contributed by atoms with E-state index in [9.17, 15) is 4.79 Å². The first-order valence-corrected chi connectivity index (χ1v) is 5.86. The number of ether oxygens (including phenoxy) is 1. The average molecular weight is 247 g/mol. The van der Waals surface area contributed by atoms with Crippen LogP contribution in [0.2, 0.25) is 0 Å². The first kappa shape index (κ1) is 14.0. The number of anilines is 1. The number of rotatable bonds is 7. The molecule has 0 heterocycles. The Labute approximate surface area is 107 Å². The van der Waals surface area contributed by atoms with Gasteiger partial charge in [-0.15, -0.1) is 0 Å². The van der Waals surface area contributed by atoms with Gasteiger partial charge in [0.15, 0.2) is 6.61 Å². The molecule has 5 heteroatoms. The predicted octanol–water partition coefficient (Wildman–Crippen LogP) is 1.53. The number of benzene rings is 1. The summed E-state index contributed by atoms with van der Waals surface area (Å²) in [5, 5.41) is 14.1. The molecular weight excluding hydrogens is 230 g/mol. The van der Waals surface area contributed by atoms with Crippen molar-refractivity contribution in [1.29, 1.82) is 5.26 Å². The minimum absolute atomic E-state index is 0.0205. The van der Waals surface area contributed by atoms with Crippen molar-refractivity contribution in [3.63, 3.8) is 0 Å². The third kappa shape index (κ3) is 5.32. The van der Waals surface area contributed by atoms with Crippen molar-refractivity contribution in [3.8, 4) is 11.8 Å². The molecule has 0 aromatic heterocycles. The van der Waals surface area contributed by atoms with Gasteiger partial charge in [-0.1, -0.05) is 6.92 Å². The van der Waals surface area contributed by atoms with Gasteiger partial charge in [-0.2, -0.15) is 5.26 Å². The summed E-state index contributed by atoms with van der Waals surface area (Å²) < 4.78 is 5.11. The molecule has 96 valence electrons. The van der Waals surface area contributed by atoms with Crippen molar-refractivity contribution < 1.29 is 9.53 Å². The van der Waals surface area contributed by atoms with Crippen molar-refractivity contribution in [2.45, 2.75) is 13.3 Å². The predicted molar refractivity (Wildman–Crippen MR) is 69.3 cm³/mol. The van der Waals surface area contributed by atoms with Crippen LogP contribution < -0.4 is 15.4 Å². The normalized spacial score (nSPS) is 9.56. The molecule has 0 unspecified atom stereocenters. The molecular formula is C13H17N3O2. The molecule has 0 aliphatic carbocycles. The van der Waals surface area contributed by atoms with E-state index < -0.39 is 0 Å². The second-order valence-corrected chi connectivity index (χ2v) is 3.70. The Hall–Kier alpha value is -2.06. The van der Waals surface area contributed by atoms with Gasteiger partial charge in [-0.3, -0.25) is 4.79 Å². The lowest BCUT2D eigenvalue weighted by Gasteiger charge is -2.07. The third-order valence-corrected chi connectivity index (χ3v) is 2.15. The highest BCUT2D eigenvalue weighted by Crippen LogP contribution is 2.15. The fraction of sp³-hybridized carbons (Fsp3) is 0.385. The number of nitrogens with one attached hydrogen (secondary N) is 2. The second-order valence-electron chi connectivity index (χ2n) is 3.70. The molecule has 0 atom stereocenters. The van der Waals surface area contributed by atoms with E-state index in [1.807, 2.05) is 13.0 Å². The third-order valence-electron chi connectivity index (χ3n) is 2.15. The Bertz CT molecular complexity index is 409. The van der Waals surface area contributed by atoms with Crippen LogP contribution in [0.5, 0.6) is 5.75 Å². The van der Waals surface area contributed by atoms with E-state index in [-0.39, 0.29) is 12.5 Å². The van der Waals surface area contributed by atoms with E-state index >= 15 is 0 Å². The fourth-order valence-electron chi connectivity index (χ4n) is 1.33. The summed E-state index contributed by atoms with van der Waals surface area (Å²) in [6.45, 7) is 3.20. The Kier molecular flexibility index (Phi) is 6.30. The van der Waals surface area contributed by atoms with Crippen molar-refractivity contribution in [2.75, 3.05) is 25.0 Å². The zero-order valence-electron chi connectivity index (χ0n) is 10.4. The number of carbonyl (C=O) groups excluding carboxylic acids is 1. The molecule has 0 radical (unpaired) electrons. The molecule has 1 rings (SSSR count). The van der Waals surface area contributed by atoms with Gasteiger partial charge in [0, 0.05) is 5.69 Å². The summed E-state index contributed by atoms with van der Waals surface area (Å²) in [6.07, 6.45) is 0.998. The maximum atomic E-state index is 11.5. The number of nitrogens with zero attached hydrogens (tertiary/aromatic N) is 1. The summed E-state index contributed by atoms with van der Waals surface area (Å²) in [5.74, 6) is 0.535. The fourth-order valence-corrected chi connectivity index (χ4v) is 1.33. The molecule has 2 N–H and O–H groups in total. The smallest absolute Gasteiger partial charge is 0.238 e. The molecule has 0 saturated carbocycles. The van der Waals surface area contributed by atoms with Gasteiger partial charge < -0.3 is 15.4 Å². The largest absolute Gasteiger partial charge is 0.479 e. The Morgan fingerprint density at radius 2 is 2.11 bits per heavy atom. The quantitative estimate of drug-likeness (QED) is 0.716. The maximum absolute atomic E-state index is 11.5. The van der Waals surface area contributed by atoms with Gasteiger partial charge in [0.1, 0.15) is 11.8 Å². The number of hydrogen-bond donors (Lipinski definition) is 2. The van der Waals surface area contributed by atoms with Crippen LogP contribution in [0.15, 0.2) is 24.3 Å². The van der Waals surface area contributed by atoms with Gasteiger partial charge in [0.25, 0.3) is 0 Å². The zero-order chi connectivity index (χ0) is 13.2. The van der Waals surface area contributed by atoms with Crippen LogP contribution in [0.4, 0.5) is 5.69 Å². The van der Waals surface area contributed by atoms with Crippen molar-refractivity contribution in [1.82, 2.24) is 5.32 Å². The summed E-state index contributed by atoms with van der Waals surface area (Å²) in [5.41, 5.74) is 0.711. The highest BCUT2D eigenvalue weighted by molar-refractivity contribution is 5.92. The molecule has 1 amide bonds. The Morgan fingerprint density at radius 3 is 2.72 bits per heavy atom. The van der Waals surface area contributed by atoms with Crippen LogP contribution in [0, 0.1) is 11.3 Å². The summed E-state index contributed by atoms with van der Waals surface area (Å²) >= 11 is 0. The molecule has 0 aliphatic rings. The van der Waals surface area contributed by atoms with Crippen LogP contribution in [-0.2, 0) is 4.79 Å². The lowest BCUT2D eigenvalue weighted by Crippen LogP contribution is -2.28. The zero-order valence-corrected chi connectivity index (χ0v) is 10.4. The van der Waals surface area contributed by atoms with Crippen LogP contribution in [0.25, 0.3) is 0 Å². The van der Waals surface area contributed by atoms with Crippen LogP contribution >= 0.6 is 0 Å². The van der Waals surface area contributed by atoms with E-state index in [1.165, 1.54) is 0 Å². The first-order valence-electron chi connectivity index (χ1n) is 5.86. The summed E-state index contributed by atoms with van der Waals surface area (Å²) in [6, 6.07) is 8.80. The standard InChI is InChI=1S/C13H17N3O2/c1-2-8-15-10-13(17)16-11-3-5-12(6-4-11)18-9-7-14/h3-6,15H,2,8-10H2,1H3,(H,16,17). The summed E-state index contributed by atoms with van der Waals surface area (Å²) in [7, 11) is 0. The van der Waals surface area contributed by atoms with E-state index in [2.05, 4.69) is 10.6 Å². The average Bonchev–Trinajstić information content (AvgIpc) is 2.38. The van der Waals surface area contributed by atoms with Gasteiger partial charge in [-0.05, 0) is 37.2 Å². The van der Waals surface area contributed by atoms with Crippen LogP contribution in [0.1, 0.15) is 13.3 Å². The highest BCUT2D eigenvalue weighted by Gasteiger charge is 2.01. The SMILES string of the molecule is CCCNCC(=O)Nc1ccc(OCC#N)cc1. The topological polar surface area (TPSA) is 74.2 Å². The molecule has 0 spiro atoms. The van der Waals surface area contributed by atoms with Crippen LogP contribution in [0.3, 0.4) is 0 Å². The second kappa shape index (κ2) is 8.09. The van der Waals surface area contributed by atoms with Gasteiger partial charge in [0.2, 0.25) is 5.91 Å². The molecule has 0 fully saturated rings. The molecule has 1 aromatic carbocycles. The monoisotopic (exact) mass is 247 g/mol. The molecule has 18 heavy (non-hydrogen) atoms. The molecule has 0 bridgehead atoms. The maximum Gasteiger partial charge on any atom is 0.238 e. The first-order chi connectivity index (χ1) is 8.76.